The number of nitriles is 1. The van der Waals surface area contributed by atoms with Crippen LogP contribution in [0.3, 0.4) is 0 Å². The molecule has 0 atom stereocenters. The number of rotatable bonds is 2. The van der Waals surface area contributed by atoms with Crippen LogP contribution in [0.5, 0.6) is 0 Å². The van der Waals surface area contributed by atoms with Gasteiger partial charge in [0.15, 0.2) is 0 Å². The predicted octanol–water partition coefficient (Wildman–Crippen LogP) is 1.07. The van der Waals surface area contributed by atoms with E-state index in [4.69, 9.17) is 11.0 Å². The molecule has 1 aromatic rings. The molecule has 1 aromatic heterocycles. The highest BCUT2D eigenvalue weighted by molar-refractivity contribution is 5.59. The average molecular weight is 245 g/mol. The van der Waals surface area contributed by atoms with Gasteiger partial charge in [0.05, 0.1) is 17.4 Å². The lowest BCUT2D eigenvalue weighted by Crippen LogP contribution is -2.42. The first-order valence-electron chi connectivity index (χ1n) is 6.19. The first-order valence-corrected chi connectivity index (χ1v) is 6.19. The van der Waals surface area contributed by atoms with Crippen LogP contribution in [0.1, 0.15) is 18.4 Å². The quantitative estimate of drug-likeness (QED) is 0.844. The molecular weight excluding hydrogens is 226 g/mol. The monoisotopic (exact) mass is 245 g/mol. The normalized spacial score (nSPS) is 16.9. The smallest absolute Gasteiger partial charge is 0.146 e. The van der Waals surface area contributed by atoms with Gasteiger partial charge in [-0.25, -0.2) is 4.98 Å². The summed E-state index contributed by atoms with van der Waals surface area (Å²) in [6, 6.07) is 4.49. The van der Waals surface area contributed by atoms with Crippen LogP contribution in [-0.4, -0.2) is 43.1 Å². The number of anilines is 2. The number of nitrogens with zero attached hydrogens (tertiary/aromatic N) is 4. The fourth-order valence-electron chi connectivity index (χ4n) is 2.40. The van der Waals surface area contributed by atoms with Crippen molar-refractivity contribution in [2.24, 2.45) is 0 Å². The van der Waals surface area contributed by atoms with E-state index >= 15 is 0 Å². The van der Waals surface area contributed by atoms with Gasteiger partial charge in [0, 0.05) is 19.1 Å². The minimum atomic E-state index is 0.540. The largest absolute Gasteiger partial charge is 0.397 e. The summed E-state index contributed by atoms with van der Waals surface area (Å²) in [5, 5.41) is 9.13. The zero-order valence-electron chi connectivity index (χ0n) is 10.9. The Morgan fingerprint density at radius 2 is 2.11 bits per heavy atom. The zero-order chi connectivity index (χ0) is 13.1. The Balaban J connectivity index is 2.13. The van der Waals surface area contributed by atoms with E-state index in [1.54, 1.807) is 12.3 Å². The van der Waals surface area contributed by atoms with Gasteiger partial charge in [-0.3, -0.25) is 0 Å². The Morgan fingerprint density at radius 3 is 2.67 bits per heavy atom. The Kier molecular flexibility index (Phi) is 3.68. The van der Waals surface area contributed by atoms with Gasteiger partial charge in [0.1, 0.15) is 11.9 Å². The van der Waals surface area contributed by atoms with E-state index < -0.39 is 0 Å². The van der Waals surface area contributed by atoms with Gasteiger partial charge in [-0.1, -0.05) is 0 Å². The third kappa shape index (κ3) is 2.54. The lowest BCUT2D eigenvalue weighted by atomic mass is 10.0. The molecule has 0 spiro atoms. The SMILES string of the molecule is CN(C)C1CCN(c2ncc(N)cc2C#N)CC1. The molecule has 0 unspecified atom stereocenters. The van der Waals surface area contributed by atoms with E-state index in [2.05, 4.69) is 34.9 Å². The zero-order valence-corrected chi connectivity index (χ0v) is 10.9. The van der Waals surface area contributed by atoms with Gasteiger partial charge in [0.25, 0.3) is 0 Å². The van der Waals surface area contributed by atoms with Crippen molar-refractivity contribution in [3.05, 3.63) is 17.8 Å². The number of nitrogens with two attached hydrogens (primary N) is 1. The second-order valence-corrected chi connectivity index (χ2v) is 4.93. The van der Waals surface area contributed by atoms with E-state index in [1.807, 2.05) is 0 Å². The second-order valence-electron chi connectivity index (χ2n) is 4.93. The van der Waals surface area contributed by atoms with Crippen LogP contribution in [0, 0.1) is 11.3 Å². The van der Waals surface area contributed by atoms with E-state index in [1.165, 1.54) is 0 Å². The summed E-state index contributed by atoms with van der Waals surface area (Å²) in [6.45, 7) is 1.88. The van der Waals surface area contributed by atoms with Crippen LogP contribution >= 0.6 is 0 Å². The summed E-state index contributed by atoms with van der Waals surface area (Å²) in [7, 11) is 4.23. The number of hydrogen-bond donors (Lipinski definition) is 1. The summed E-state index contributed by atoms with van der Waals surface area (Å²) in [5.74, 6) is 0.768. The molecule has 0 amide bonds. The highest BCUT2D eigenvalue weighted by Gasteiger charge is 2.23. The van der Waals surface area contributed by atoms with E-state index in [-0.39, 0.29) is 0 Å². The number of aromatic nitrogens is 1. The first kappa shape index (κ1) is 12.7. The topological polar surface area (TPSA) is 69.2 Å². The number of hydrogen-bond acceptors (Lipinski definition) is 5. The average Bonchev–Trinajstić information content (AvgIpc) is 2.38. The van der Waals surface area contributed by atoms with Gasteiger partial charge < -0.3 is 15.5 Å². The Bertz CT molecular complexity index is 455. The molecule has 1 fully saturated rings. The number of pyridine rings is 1. The maximum absolute atomic E-state index is 9.13. The fourth-order valence-corrected chi connectivity index (χ4v) is 2.40. The lowest BCUT2D eigenvalue weighted by Gasteiger charge is -2.36. The molecule has 0 aliphatic carbocycles. The van der Waals surface area contributed by atoms with Crippen molar-refractivity contribution in [1.82, 2.24) is 9.88 Å². The minimum absolute atomic E-state index is 0.540. The summed E-state index contributed by atoms with van der Waals surface area (Å²) in [4.78, 5) is 8.75. The number of piperidine rings is 1. The van der Waals surface area contributed by atoms with Gasteiger partial charge >= 0.3 is 0 Å². The summed E-state index contributed by atoms with van der Waals surface area (Å²) >= 11 is 0. The molecule has 0 radical (unpaired) electrons. The first-order chi connectivity index (χ1) is 8.61. The van der Waals surface area contributed by atoms with E-state index in [0.717, 1.165) is 31.7 Å². The Labute approximate surface area is 108 Å². The molecule has 5 heteroatoms. The van der Waals surface area contributed by atoms with Crippen LogP contribution in [-0.2, 0) is 0 Å². The highest BCUT2D eigenvalue weighted by Crippen LogP contribution is 2.24. The highest BCUT2D eigenvalue weighted by atomic mass is 15.2. The van der Waals surface area contributed by atoms with Gasteiger partial charge in [-0.05, 0) is 33.0 Å². The summed E-state index contributed by atoms with van der Waals surface area (Å²) in [6.07, 6.45) is 3.82. The summed E-state index contributed by atoms with van der Waals surface area (Å²) < 4.78 is 0. The molecule has 2 N–H and O–H groups in total. The maximum atomic E-state index is 9.13. The molecule has 5 nitrogen and oxygen atoms in total. The molecule has 0 aromatic carbocycles. The van der Waals surface area contributed by atoms with Gasteiger partial charge in [0.2, 0.25) is 0 Å². The molecule has 96 valence electrons. The van der Waals surface area contributed by atoms with Crippen molar-refractivity contribution in [3.8, 4) is 6.07 Å². The van der Waals surface area contributed by atoms with Crippen molar-refractivity contribution in [2.75, 3.05) is 37.8 Å². The standard InChI is InChI=1S/C13H19N5/c1-17(2)12-3-5-18(6-4-12)13-10(8-14)7-11(15)9-16-13/h7,9,12H,3-6,15H2,1-2H3. The Hall–Kier alpha value is -1.80. The Morgan fingerprint density at radius 1 is 1.44 bits per heavy atom. The van der Waals surface area contributed by atoms with Crippen LogP contribution < -0.4 is 10.6 Å². The second kappa shape index (κ2) is 5.23. The number of nitrogen functional groups attached to an aromatic ring is 1. The molecule has 18 heavy (non-hydrogen) atoms. The van der Waals surface area contributed by atoms with E-state index in [9.17, 15) is 0 Å². The summed E-state index contributed by atoms with van der Waals surface area (Å²) in [5.41, 5.74) is 6.76. The molecule has 0 bridgehead atoms. The van der Waals surface area contributed by atoms with Gasteiger partial charge in [-0.15, -0.1) is 0 Å². The lowest BCUT2D eigenvalue weighted by molar-refractivity contribution is 0.249. The molecular formula is C13H19N5. The third-order valence-corrected chi connectivity index (χ3v) is 3.50. The van der Waals surface area contributed by atoms with Crippen molar-refractivity contribution in [1.29, 1.82) is 5.26 Å². The molecule has 1 aliphatic heterocycles. The molecule has 2 heterocycles. The predicted molar refractivity (Wildman–Crippen MR) is 72.3 cm³/mol. The van der Waals surface area contributed by atoms with Crippen molar-refractivity contribution in [3.63, 3.8) is 0 Å². The van der Waals surface area contributed by atoms with Crippen LogP contribution in [0.2, 0.25) is 0 Å². The minimum Gasteiger partial charge on any atom is -0.397 e. The fraction of sp³-hybridized carbons (Fsp3) is 0.538. The van der Waals surface area contributed by atoms with Crippen LogP contribution in [0.15, 0.2) is 12.3 Å². The maximum Gasteiger partial charge on any atom is 0.146 e. The van der Waals surface area contributed by atoms with E-state index in [0.29, 0.717) is 17.3 Å². The van der Waals surface area contributed by atoms with Crippen molar-refractivity contribution in [2.45, 2.75) is 18.9 Å². The van der Waals surface area contributed by atoms with Gasteiger partial charge in [-0.2, -0.15) is 5.26 Å². The van der Waals surface area contributed by atoms with Crippen molar-refractivity contribution < 1.29 is 0 Å². The van der Waals surface area contributed by atoms with Crippen molar-refractivity contribution >= 4 is 11.5 Å². The molecule has 0 saturated carbocycles. The molecule has 2 rings (SSSR count). The van der Waals surface area contributed by atoms with Crippen LogP contribution in [0.4, 0.5) is 11.5 Å². The van der Waals surface area contributed by atoms with Crippen LogP contribution in [0.25, 0.3) is 0 Å². The molecule has 1 saturated heterocycles. The molecule has 1 aliphatic rings. The third-order valence-electron chi connectivity index (χ3n) is 3.50.